The van der Waals surface area contributed by atoms with Gasteiger partial charge in [0.25, 0.3) is 0 Å². The van der Waals surface area contributed by atoms with Crippen molar-refractivity contribution in [2.45, 2.75) is 20.3 Å². The number of nitrogens with one attached hydrogen (secondary N) is 2. The second kappa shape index (κ2) is 6.53. The Balaban J connectivity index is 2.56. The molecule has 0 saturated carbocycles. The summed E-state index contributed by atoms with van der Waals surface area (Å²) in [5.41, 5.74) is 0.407. The fraction of sp³-hybridized carbons (Fsp3) is 0.455. The molecule has 0 fully saturated rings. The number of carboxylic acid groups (broad SMARTS) is 1. The zero-order valence-electron chi connectivity index (χ0n) is 10.4. The van der Waals surface area contributed by atoms with Crippen LogP contribution in [-0.2, 0) is 4.79 Å². The lowest BCUT2D eigenvalue weighted by molar-refractivity contribution is -0.119. The van der Waals surface area contributed by atoms with Gasteiger partial charge in [-0.2, -0.15) is 0 Å². The number of anilines is 1. The van der Waals surface area contributed by atoms with Crippen LogP contribution in [0.3, 0.4) is 0 Å². The van der Waals surface area contributed by atoms with Gasteiger partial charge in [0.15, 0.2) is 0 Å². The molecule has 0 radical (unpaired) electrons. The van der Waals surface area contributed by atoms with Gasteiger partial charge in [0.05, 0.1) is 17.8 Å². The molecule has 1 aromatic rings. The summed E-state index contributed by atoms with van der Waals surface area (Å²) < 4.78 is 0. The van der Waals surface area contributed by atoms with Crippen LogP contribution in [0.15, 0.2) is 6.20 Å². The maximum Gasteiger partial charge on any atom is 0.339 e. The summed E-state index contributed by atoms with van der Waals surface area (Å²) in [4.78, 5) is 29.9. The highest BCUT2D eigenvalue weighted by Gasteiger charge is 2.10. The molecular formula is C11H16N4O3. The Kier molecular flexibility index (Phi) is 5.04. The molecule has 0 bridgehead atoms. The number of carbonyl (C=O) groups excluding carboxylic acids is 1. The van der Waals surface area contributed by atoms with E-state index in [1.54, 1.807) is 6.92 Å². The van der Waals surface area contributed by atoms with E-state index in [-0.39, 0.29) is 24.0 Å². The van der Waals surface area contributed by atoms with E-state index in [9.17, 15) is 9.59 Å². The number of aromatic nitrogens is 2. The van der Waals surface area contributed by atoms with E-state index in [1.807, 2.05) is 6.92 Å². The van der Waals surface area contributed by atoms with Crippen LogP contribution in [-0.4, -0.2) is 40.0 Å². The molecule has 0 atom stereocenters. The van der Waals surface area contributed by atoms with Gasteiger partial charge in [-0.15, -0.1) is 0 Å². The van der Waals surface area contributed by atoms with E-state index in [1.165, 1.54) is 6.20 Å². The van der Waals surface area contributed by atoms with Crippen LogP contribution < -0.4 is 10.6 Å². The number of amides is 1. The molecule has 18 heavy (non-hydrogen) atoms. The Morgan fingerprint density at radius 1 is 1.44 bits per heavy atom. The Bertz CT molecular complexity index is 448. The Hall–Kier alpha value is -2.18. The minimum atomic E-state index is -1.07. The zero-order valence-corrected chi connectivity index (χ0v) is 10.4. The average molecular weight is 252 g/mol. The smallest absolute Gasteiger partial charge is 0.339 e. The van der Waals surface area contributed by atoms with Gasteiger partial charge in [-0.25, -0.2) is 14.8 Å². The summed E-state index contributed by atoms with van der Waals surface area (Å²) in [7, 11) is 0. The van der Waals surface area contributed by atoms with E-state index >= 15 is 0 Å². The number of nitrogens with zero attached hydrogens (tertiary/aromatic N) is 2. The first-order chi connectivity index (χ1) is 8.54. The van der Waals surface area contributed by atoms with Crippen LogP contribution in [0.4, 0.5) is 5.95 Å². The van der Waals surface area contributed by atoms with Crippen molar-refractivity contribution in [2.75, 3.05) is 18.4 Å². The molecular weight excluding hydrogens is 236 g/mol. The lowest BCUT2D eigenvalue weighted by Crippen LogP contribution is -2.30. The number of rotatable bonds is 6. The van der Waals surface area contributed by atoms with E-state index in [2.05, 4.69) is 20.6 Å². The number of carbonyl (C=O) groups is 2. The maximum absolute atomic E-state index is 11.3. The SMILES string of the molecule is CCCNC(=O)CNc1ncc(C(=O)O)c(C)n1. The number of aromatic carboxylic acids is 1. The average Bonchev–Trinajstić information content (AvgIpc) is 2.33. The third-order valence-electron chi connectivity index (χ3n) is 2.19. The molecule has 0 unspecified atom stereocenters. The predicted octanol–water partition coefficient (Wildman–Crippen LogP) is 0.421. The van der Waals surface area contributed by atoms with Crippen molar-refractivity contribution in [3.63, 3.8) is 0 Å². The van der Waals surface area contributed by atoms with Crippen LogP contribution in [0.1, 0.15) is 29.4 Å². The highest BCUT2D eigenvalue weighted by atomic mass is 16.4. The van der Waals surface area contributed by atoms with Crippen molar-refractivity contribution in [3.05, 3.63) is 17.5 Å². The van der Waals surface area contributed by atoms with Gasteiger partial charge in [-0.05, 0) is 13.3 Å². The zero-order chi connectivity index (χ0) is 13.5. The van der Waals surface area contributed by atoms with Crippen LogP contribution in [0.5, 0.6) is 0 Å². The van der Waals surface area contributed by atoms with E-state index < -0.39 is 5.97 Å². The molecule has 98 valence electrons. The van der Waals surface area contributed by atoms with Gasteiger partial charge in [-0.1, -0.05) is 6.92 Å². The maximum atomic E-state index is 11.3. The third kappa shape index (κ3) is 4.00. The number of hydrogen-bond acceptors (Lipinski definition) is 5. The van der Waals surface area contributed by atoms with Gasteiger partial charge in [0.2, 0.25) is 11.9 Å². The summed E-state index contributed by atoms with van der Waals surface area (Å²) in [5, 5.41) is 14.2. The first kappa shape index (κ1) is 13.9. The van der Waals surface area contributed by atoms with Gasteiger partial charge < -0.3 is 15.7 Å². The number of hydrogen-bond donors (Lipinski definition) is 3. The molecule has 1 aromatic heterocycles. The second-order valence-electron chi connectivity index (χ2n) is 3.70. The topological polar surface area (TPSA) is 104 Å². The minimum absolute atomic E-state index is 0.0518. The third-order valence-corrected chi connectivity index (χ3v) is 2.19. The number of aryl methyl sites for hydroxylation is 1. The first-order valence-electron chi connectivity index (χ1n) is 5.62. The van der Waals surface area contributed by atoms with Crippen molar-refractivity contribution in [2.24, 2.45) is 0 Å². The largest absolute Gasteiger partial charge is 0.478 e. The predicted molar refractivity (Wildman–Crippen MR) is 65.5 cm³/mol. The molecule has 7 nitrogen and oxygen atoms in total. The summed E-state index contributed by atoms with van der Waals surface area (Å²) in [6.07, 6.45) is 2.09. The first-order valence-corrected chi connectivity index (χ1v) is 5.62. The Morgan fingerprint density at radius 2 is 2.17 bits per heavy atom. The minimum Gasteiger partial charge on any atom is -0.478 e. The van der Waals surface area contributed by atoms with Crippen LogP contribution in [0.25, 0.3) is 0 Å². The second-order valence-corrected chi connectivity index (χ2v) is 3.70. The lowest BCUT2D eigenvalue weighted by Gasteiger charge is -2.07. The van der Waals surface area contributed by atoms with Gasteiger partial charge in [0, 0.05) is 12.7 Å². The molecule has 0 aliphatic heterocycles. The number of carboxylic acids is 1. The molecule has 0 aliphatic carbocycles. The highest BCUT2D eigenvalue weighted by Crippen LogP contribution is 2.06. The van der Waals surface area contributed by atoms with Crippen LogP contribution >= 0.6 is 0 Å². The van der Waals surface area contributed by atoms with E-state index in [0.29, 0.717) is 12.2 Å². The molecule has 1 heterocycles. The molecule has 3 N–H and O–H groups in total. The summed E-state index contributed by atoms with van der Waals surface area (Å²) in [6, 6.07) is 0. The fourth-order valence-corrected chi connectivity index (χ4v) is 1.25. The van der Waals surface area contributed by atoms with Gasteiger partial charge in [0.1, 0.15) is 0 Å². The van der Waals surface area contributed by atoms with Gasteiger partial charge >= 0.3 is 5.97 Å². The van der Waals surface area contributed by atoms with Crippen molar-refractivity contribution in [1.29, 1.82) is 0 Å². The quantitative estimate of drug-likeness (QED) is 0.678. The Labute approximate surface area is 105 Å². The summed E-state index contributed by atoms with van der Waals surface area (Å²) >= 11 is 0. The van der Waals surface area contributed by atoms with Crippen molar-refractivity contribution >= 4 is 17.8 Å². The van der Waals surface area contributed by atoms with Gasteiger partial charge in [-0.3, -0.25) is 4.79 Å². The molecule has 1 amide bonds. The normalized spacial score (nSPS) is 9.89. The fourth-order valence-electron chi connectivity index (χ4n) is 1.25. The summed E-state index contributed by atoms with van der Waals surface area (Å²) in [5.74, 6) is -0.982. The van der Waals surface area contributed by atoms with Crippen molar-refractivity contribution in [3.8, 4) is 0 Å². The molecule has 0 aliphatic rings. The highest BCUT2D eigenvalue weighted by molar-refractivity contribution is 5.88. The van der Waals surface area contributed by atoms with E-state index in [0.717, 1.165) is 6.42 Å². The van der Waals surface area contributed by atoms with Crippen molar-refractivity contribution in [1.82, 2.24) is 15.3 Å². The molecule has 0 aromatic carbocycles. The van der Waals surface area contributed by atoms with Crippen LogP contribution in [0, 0.1) is 6.92 Å². The van der Waals surface area contributed by atoms with Crippen molar-refractivity contribution < 1.29 is 14.7 Å². The molecule has 0 saturated heterocycles. The Morgan fingerprint density at radius 3 is 2.72 bits per heavy atom. The molecule has 0 spiro atoms. The molecule has 7 heteroatoms. The lowest BCUT2D eigenvalue weighted by atomic mass is 10.2. The monoisotopic (exact) mass is 252 g/mol. The summed E-state index contributed by atoms with van der Waals surface area (Å²) in [6.45, 7) is 4.22. The molecule has 1 rings (SSSR count). The standard InChI is InChI=1S/C11H16N4O3/c1-3-4-12-9(16)6-14-11-13-5-8(10(17)18)7(2)15-11/h5H,3-4,6H2,1-2H3,(H,12,16)(H,17,18)(H,13,14,15). The van der Waals surface area contributed by atoms with E-state index in [4.69, 9.17) is 5.11 Å². The van der Waals surface area contributed by atoms with Crippen LogP contribution in [0.2, 0.25) is 0 Å².